The maximum atomic E-state index is 13.6. The van der Waals surface area contributed by atoms with Gasteiger partial charge in [-0.05, 0) is 37.6 Å². The maximum absolute atomic E-state index is 13.6. The Kier molecular flexibility index (Phi) is 9.28. The average Bonchev–Trinajstić information content (AvgIpc) is 3.41. The summed E-state index contributed by atoms with van der Waals surface area (Å²) >= 11 is 6.23. The van der Waals surface area contributed by atoms with E-state index in [2.05, 4.69) is 27.3 Å². The minimum absolute atomic E-state index is 0.0605. The number of aromatic nitrogens is 4. The number of carbonyl (C=O) groups excluding carboxylic acids is 2. The van der Waals surface area contributed by atoms with E-state index < -0.39 is 30.1 Å². The molecule has 0 aliphatic heterocycles. The normalized spacial score (nSPS) is 11.4. The molecular formula is C24H26ClF4N7O2. The number of nitrogens with two attached hydrogens (primary N) is 1. The molecule has 2 amide bonds. The van der Waals surface area contributed by atoms with Crippen molar-refractivity contribution < 1.29 is 27.2 Å². The number of anilines is 1. The Morgan fingerprint density at radius 2 is 1.92 bits per heavy atom. The molecular weight excluding hydrogens is 530 g/mol. The fraction of sp³-hybridized carbons (Fsp3) is 0.333. The van der Waals surface area contributed by atoms with Crippen LogP contribution < -0.4 is 16.4 Å². The fourth-order valence-electron chi connectivity index (χ4n) is 3.65. The predicted octanol–water partition coefficient (Wildman–Crippen LogP) is 4.55. The van der Waals surface area contributed by atoms with Crippen molar-refractivity contribution in [1.29, 1.82) is 0 Å². The van der Waals surface area contributed by atoms with Crippen LogP contribution in [0.2, 0.25) is 5.02 Å². The van der Waals surface area contributed by atoms with Crippen LogP contribution in [0.25, 0.3) is 11.3 Å². The third kappa shape index (κ3) is 6.98. The van der Waals surface area contributed by atoms with Crippen molar-refractivity contribution in [2.45, 2.75) is 32.0 Å². The lowest BCUT2D eigenvalue weighted by molar-refractivity contribution is -0.141. The van der Waals surface area contributed by atoms with E-state index in [1.54, 1.807) is 0 Å². The molecule has 0 aliphatic carbocycles. The summed E-state index contributed by atoms with van der Waals surface area (Å²) in [5.74, 6) is -2.18. The topological polar surface area (TPSA) is 120 Å². The third-order valence-electron chi connectivity index (χ3n) is 5.47. The van der Waals surface area contributed by atoms with Gasteiger partial charge in [-0.15, -0.1) is 0 Å². The minimum atomic E-state index is -4.83. The Hall–Kier alpha value is -3.71. The van der Waals surface area contributed by atoms with Gasteiger partial charge >= 0.3 is 6.18 Å². The molecule has 4 N–H and O–H groups in total. The van der Waals surface area contributed by atoms with Crippen LogP contribution in [0.3, 0.4) is 0 Å². The van der Waals surface area contributed by atoms with Gasteiger partial charge in [-0.2, -0.15) is 18.3 Å². The second kappa shape index (κ2) is 12.2. The highest BCUT2D eigenvalue weighted by molar-refractivity contribution is 6.34. The number of alkyl halides is 3. The Morgan fingerprint density at radius 3 is 2.55 bits per heavy atom. The summed E-state index contributed by atoms with van der Waals surface area (Å²) in [7, 11) is 1.36. The van der Waals surface area contributed by atoms with Gasteiger partial charge in [-0.3, -0.25) is 14.3 Å². The van der Waals surface area contributed by atoms with Crippen molar-refractivity contribution in [3.63, 3.8) is 0 Å². The quantitative estimate of drug-likeness (QED) is 0.237. The van der Waals surface area contributed by atoms with Crippen molar-refractivity contribution in [1.82, 2.24) is 24.6 Å². The van der Waals surface area contributed by atoms with E-state index in [1.807, 2.05) is 0 Å². The molecule has 38 heavy (non-hydrogen) atoms. The molecule has 0 saturated carbocycles. The Labute approximate surface area is 220 Å². The lowest BCUT2D eigenvalue weighted by Gasteiger charge is -2.10. The number of imidazole rings is 1. The molecule has 0 fully saturated rings. The Bertz CT molecular complexity index is 1330. The van der Waals surface area contributed by atoms with Crippen molar-refractivity contribution in [2.24, 2.45) is 12.8 Å². The number of nitrogens with zero attached hydrogens (tertiary/aromatic N) is 4. The van der Waals surface area contributed by atoms with Gasteiger partial charge in [-0.25, -0.2) is 9.37 Å². The van der Waals surface area contributed by atoms with Gasteiger partial charge in [0.05, 0.1) is 34.6 Å². The molecule has 1 aromatic carbocycles. The molecule has 3 aromatic rings. The van der Waals surface area contributed by atoms with Crippen molar-refractivity contribution >= 4 is 29.1 Å². The first-order valence-corrected chi connectivity index (χ1v) is 11.9. The fourth-order valence-corrected chi connectivity index (χ4v) is 3.92. The zero-order valence-electron chi connectivity index (χ0n) is 20.4. The molecule has 3 rings (SSSR count). The summed E-state index contributed by atoms with van der Waals surface area (Å²) in [5.41, 5.74) is 4.21. The van der Waals surface area contributed by atoms with E-state index in [4.69, 9.17) is 17.3 Å². The molecule has 0 atom stereocenters. The summed E-state index contributed by atoms with van der Waals surface area (Å²) < 4.78 is 55.8. The van der Waals surface area contributed by atoms with Gasteiger partial charge in [0.15, 0.2) is 11.5 Å². The first-order chi connectivity index (χ1) is 17.9. The average molecular weight is 556 g/mol. The first-order valence-electron chi connectivity index (χ1n) is 11.5. The van der Waals surface area contributed by atoms with E-state index >= 15 is 0 Å². The number of hydrogen-bond acceptors (Lipinski definition) is 5. The number of amides is 2. The van der Waals surface area contributed by atoms with Crippen LogP contribution in [0.1, 0.15) is 45.9 Å². The summed E-state index contributed by atoms with van der Waals surface area (Å²) in [6.45, 7) is 3.53. The molecule has 9 nitrogen and oxygen atoms in total. The van der Waals surface area contributed by atoms with Gasteiger partial charge in [0.25, 0.3) is 11.8 Å². The molecule has 0 saturated heterocycles. The SMILES string of the molecule is C=C(F)Cn1cc(-c2cnc(C(=O)Nc3ccc(C(=O)NCCCCCN)c(Cl)c3)n2C)c(C(F)(F)F)n1. The number of rotatable bonds is 11. The highest BCUT2D eigenvalue weighted by Crippen LogP contribution is 2.36. The van der Waals surface area contributed by atoms with E-state index in [-0.39, 0.29) is 39.3 Å². The molecule has 2 aromatic heterocycles. The van der Waals surface area contributed by atoms with Gasteiger partial charge < -0.3 is 20.9 Å². The highest BCUT2D eigenvalue weighted by Gasteiger charge is 2.38. The summed E-state index contributed by atoms with van der Waals surface area (Å²) in [5, 5.41) is 8.84. The van der Waals surface area contributed by atoms with Crippen LogP contribution in [0.15, 0.2) is 43.0 Å². The van der Waals surface area contributed by atoms with E-state index in [9.17, 15) is 27.2 Å². The van der Waals surface area contributed by atoms with Crippen LogP contribution in [0, 0.1) is 0 Å². The third-order valence-corrected chi connectivity index (χ3v) is 5.78. The molecule has 0 aliphatic rings. The van der Waals surface area contributed by atoms with Crippen LogP contribution in [0.4, 0.5) is 23.2 Å². The van der Waals surface area contributed by atoms with E-state index in [0.29, 0.717) is 13.1 Å². The number of benzene rings is 1. The van der Waals surface area contributed by atoms with Crippen molar-refractivity contribution in [3.05, 3.63) is 65.1 Å². The first kappa shape index (κ1) is 28.9. The number of allylic oxidation sites excluding steroid dienone is 1. The molecule has 0 spiro atoms. The predicted molar refractivity (Wildman–Crippen MR) is 134 cm³/mol. The number of halogens is 5. The zero-order chi connectivity index (χ0) is 28.0. The van der Waals surface area contributed by atoms with Crippen LogP contribution in [-0.4, -0.2) is 44.2 Å². The molecule has 0 unspecified atom stereocenters. The zero-order valence-corrected chi connectivity index (χ0v) is 21.2. The summed E-state index contributed by atoms with van der Waals surface area (Å²) in [4.78, 5) is 29.2. The Balaban J connectivity index is 1.76. The Morgan fingerprint density at radius 1 is 1.18 bits per heavy atom. The maximum Gasteiger partial charge on any atom is 0.435 e. The van der Waals surface area contributed by atoms with Gasteiger partial charge in [0.1, 0.15) is 5.83 Å². The standard InChI is InChI=1S/C24H26ClF4N7O2/c1-14(26)12-36-13-17(20(34-36)24(27,28)29)19-11-32-21(35(19)2)23(38)33-15-6-7-16(18(25)10-15)22(37)31-9-5-3-4-8-30/h6-7,10-11,13H,1,3-5,8-9,12,30H2,2H3,(H,31,37)(H,33,38). The van der Waals surface area contributed by atoms with Crippen LogP contribution >= 0.6 is 11.6 Å². The van der Waals surface area contributed by atoms with E-state index in [1.165, 1.54) is 25.2 Å². The monoisotopic (exact) mass is 555 g/mol. The van der Waals surface area contributed by atoms with Crippen LogP contribution in [-0.2, 0) is 19.8 Å². The van der Waals surface area contributed by atoms with Crippen LogP contribution in [0.5, 0.6) is 0 Å². The lowest BCUT2D eigenvalue weighted by atomic mass is 10.1. The number of unbranched alkanes of at least 4 members (excludes halogenated alkanes) is 2. The summed E-state index contributed by atoms with van der Waals surface area (Å²) in [6, 6.07) is 4.29. The highest BCUT2D eigenvalue weighted by atomic mass is 35.5. The number of nitrogens with one attached hydrogen (secondary N) is 2. The smallest absolute Gasteiger partial charge is 0.352 e. The van der Waals surface area contributed by atoms with Gasteiger partial charge in [-0.1, -0.05) is 24.6 Å². The van der Waals surface area contributed by atoms with Gasteiger partial charge in [0.2, 0.25) is 0 Å². The molecule has 0 bridgehead atoms. The second-order valence-corrected chi connectivity index (χ2v) is 8.79. The number of hydrogen-bond donors (Lipinski definition) is 3. The largest absolute Gasteiger partial charge is 0.435 e. The molecule has 14 heteroatoms. The van der Waals surface area contributed by atoms with Gasteiger partial charge in [0, 0.05) is 25.5 Å². The molecule has 204 valence electrons. The lowest BCUT2D eigenvalue weighted by Crippen LogP contribution is -2.25. The van der Waals surface area contributed by atoms with E-state index in [0.717, 1.165) is 40.9 Å². The van der Waals surface area contributed by atoms with Crippen molar-refractivity contribution in [2.75, 3.05) is 18.4 Å². The summed E-state index contributed by atoms with van der Waals surface area (Å²) in [6.07, 6.45) is -0.211. The second-order valence-electron chi connectivity index (χ2n) is 8.38. The molecule has 2 heterocycles. The molecule has 0 radical (unpaired) electrons. The minimum Gasteiger partial charge on any atom is -0.352 e. The number of carbonyl (C=O) groups is 2. The van der Waals surface area contributed by atoms with Crippen molar-refractivity contribution in [3.8, 4) is 11.3 Å².